The van der Waals surface area contributed by atoms with Crippen LogP contribution < -0.4 is 0 Å². The Morgan fingerprint density at radius 1 is 1.29 bits per heavy atom. The van der Waals surface area contributed by atoms with Crippen molar-refractivity contribution in [1.29, 1.82) is 0 Å². The van der Waals surface area contributed by atoms with Gasteiger partial charge in [0.25, 0.3) is 0 Å². The van der Waals surface area contributed by atoms with E-state index in [1.54, 1.807) is 0 Å². The van der Waals surface area contributed by atoms with Gasteiger partial charge in [0.15, 0.2) is 5.16 Å². The van der Waals surface area contributed by atoms with E-state index >= 15 is 0 Å². The molecule has 3 aromatic rings. The van der Waals surface area contributed by atoms with Gasteiger partial charge in [-0.15, -0.1) is 0 Å². The van der Waals surface area contributed by atoms with Gasteiger partial charge in [-0.2, -0.15) is 0 Å². The van der Waals surface area contributed by atoms with Crippen LogP contribution in [0.15, 0.2) is 47.6 Å². The van der Waals surface area contributed by atoms with Gasteiger partial charge in [0.2, 0.25) is 0 Å². The molecular formula is C15H11ClN2O2S. The first-order chi connectivity index (χ1) is 10.1. The van der Waals surface area contributed by atoms with Crippen LogP contribution in [0.4, 0.5) is 0 Å². The third kappa shape index (κ3) is 3.04. The van der Waals surface area contributed by atoms with Crippen molar-refractivity contribution in [1.82, 2.24) is 9.97 Å². The summed E-state index contributed by atoms with van der Waals surface area (Å²) < 4.78 is 0. The van der Waals surface area contributed by atoms with E-state index < -0.39 is 5.97 Å². The summed E-state index contributed by atoms with van der Waals surface area (Å²) in [6, 6.07) is 13.6. The molecule has 0 radical (unpaired) electrons. The minimum atomic E-state index is -0.872. The summed E-state index contributed by atoms with van der Waals surface area (Å²) in [5, 5.41) is 9.91. The van der Waals surface area contributed by atoms with Crippen molar-refractivity contribution in [3.05, 3.63) is 47.5 Å². The standard InChI is InChI=1S/C15H11ClN2O2S/c16-11-7-13-12(17-15(18-13)21-8-14(19)20)6-10(11)9-4-2-1-3-5-9/h1-7H,8H2,(H,17,18)(H,19,20). The third-order valence-corrected chi connectivity index (χ3v) is 4.14. The van der Waals surface area contributed by atoms with E-state index in [4.69, 9.17) is 16.7 Å². The maximum atomic E-state index is 10.6. The van der Waals surface area contributed by atoms with Crippen LogP contribution in [0, 0.1) is 0 Å². The number of carboxylic acid groups (broad SMARTS) is 1. The lowest BCUT2D eigenvalue weighted by Gasteiger charge is -2.04. The van der Waals surface area contributed by atoms with Gasteiger partial charge in [-0.05, 0) is 17.7 Å². The number of imidazole rings is 1. The van der Waals surface area contributed by atoms with Crippen molar-refractivity contribution in [3.63, 3.8) is 0 Å². The molecule has 0 amide bonds. The number of halogens is 1. The predicted octanol–water partition coefficient (Wildman–Crippen LogP) is 4.06. The van der Waals surface area contributed by atoms with Gasteiger partial charge in [-0.3, -0.25) is 4.79 Å². The molecule has 1 heterocycles. The summed E-state index contributed by atoms with van der Waals surface area (Å²) in [6.07, 6.45) is 0. The van der Waals surface area contributed by atoms with E-state index in [1.165, 1.54) is 0 Å². The van der Waals surface area contributed by atoms with Crippen LogP contribution in [0.3, 0.4) is 0 Å². The molecule has 0 bridgehead atoms. The number of nitrogens with one attached hydrogen (secondary N) is 1. The molecule has 0 spiro atoms. The Labute approximate surface area is 130 Å². The second-order valence-corrected chi connectivity index (χ2v) is 5.81. The quantitative estimate of drug-likeness (QED) is 0.712. The highest BCUT2D eigenvalue weighted by molar-refractivity contribution is 7.99. The Balaban J connectivity index is 2.01. The normalized spacial score (nSPS) is 10.9. The highest BCUT2D eigenvalue weighted by Crippen LogP contribution is 2.32. The number of fused-ring (bicyclic) bond motifs is 1. The molecule has 0 aliphatic rings. The van der Waals surface area contributed by atoms with Crippen molar-refractivity contribution < 1.29 is 9.90 Å². The average Bonchev–Trinajstić information content (AvgIpc) is 2.87. The maximum Gasteiger partial charge on any atom is 0.313 e. The number of thioether (sulfide) groups is 1. The fraction of sp³-hybridized carbons (Fsp3) is 0.0667. The third-order valence-electron chi connectivity index (χ3n) is 2.97. The number of hydrogen-bond acceptors (Lipinski definition) is 3. The number of benzene rings is 2. The van der Waals surface area contributed by atoms with Crippen molar-refractivity contribution in [2.45, 2.75) is 5.16 Å². The number of H-pyrrole nitrogens is 1. The van der Waals surface area contributed by atoms with Crippen molar-refractivity contribution in [2.75, 3.05) is 5.75 Å². The van der Waals surface area contributed by atoms with Gasteiger partial charge >= 0.3 is 5.97 Å². The lowest BCUT2D eigenvalue weighted by atomic mass is 10.1. The van der Waals surface area contributed by atoms with Crippen LogP contribution in [0.1, 0.15) is 0 Å². The number of carboxylic acids is 1. The molecule has 1 aromatic heterocycles. The first-order valence-corrected chi connectivity index (χ1v) is 7.59. The summed E-state index contributed by atoms with van der Waals surface area (Å²) in [7, 11) is 0. The Morgan fingerprint density at radius 3 is 2.76 bits per heavy atom. The minimum absolute atomic E-state index is 0.0287. The first-order valence-electron chi connectivity index (χ1n) is 6.23. The van der Waals surface area contributed by atoms with Crippen LogP contribution >= 0.6 is 23.4 Å². The molecule has 0 unspecified atom stereocenters. The average molecular weight is 319 g/mol. The monoisotopic (exact) mass is 318 g/mol. The fourth-order valence-electron chi connectivity index (χ4n) is 2.04. The number of aromatic nitrogens is 2. The van der Waals surface area contributed by atoms with Crippen LogP contribution in [-0.2, 0) is 4.79 Å². The smallest absolute Gasteiger partial charge is 0.313 e. The van der Waals surface area contributed by atoms with Crippen LogP contribution in [0.2, 0.25) is 5.02 Å². The van der Waals surface area contributed by atoms with Gasteiger partial charge in [0.05, 0.1) is 21.8 Å². The first kappa shape index (κ1) is 14.0. The number of aromatic amines is 1. The van der Waals surface area contributed by atoms with Gasteiger partial charge in [0.1, 0.15) is 0 Å². The van der Waals surface area contributed by atoms with Gasteiger partial charge in [-0.25, -0.2) is 4.98 Å². The highest BCUT2D eigenvalue weighted by atomic mass is 35.5. The summed E-state index contributed by atoms with van der Waals surface area (Å²) in [5.74, 6) is -0.900. The van der Waals surface area contributed by atoms with E-state index in [1.807, 2.05) is 42.5 Å². The van der Waals surface area contributed by atoms with Crippen molar-refractivity contribution in [2.24, 2.45) is 0 Å². The zero-order valence-corrected chi connectivity index (χ0v) is 12.4. The van der Waals surface area contributed by atoms with Crippen LogP contribution in [0.5, 0.6) is 0 Å². The molecule has 3 rings (SSSR count). The fourth-order valence-corrected chi connectivity index (χ4v) is 2.92. The van der Waals surface area contributed by atoms with E-state index in [9.17, 15) is 4.79 Å². The van der Waals surface area contributed by atoms with Crippen molar-refractivity contribution >= 4 is 40.4 Å². The number of rotatable bonds is 4. The summed E-state index contributed by atoms with van der Waals surface area (Å²) >= 11 is 7.48. The molecule has 2 N–H and O–H groups in total. The summed E-state index contributed by atoms with van der Waals surface area (Å²) in [4.78, 5) is 18.1. The Morgan fingerprint density at radius 2 is 2.05 bits per heavy atom. The van der Waals surface area contributed by atoms with Gasteiger partial charge in [0, 0.05) is 5.56 Å². The number of nitrogens with zero attached hydrogens (tertiary/aromatic N) is 1. The molecule has 6 heteroatoms. The molecule has 0 saturated heterocycles. The zero-order valence-electron chi connectivity index (χ0n) is 10.8. The predicted molar refractivity (Wildman–Crippen MR) is 84.9 cm³/mol. The van der Waals surface area contributed by atoms with E-state index in [2.05, 4.69) is 9.97 Å². The summed E-state index contributed by atoms with van der Waals surface area (Å²) in [5.41, 5.74) is 3.50. The van der Waals surface area contributed by atoms with Gasteiger partial charge in [-0.1, -0.05) is 53.7 Å². The molecule has 0 saturated carbocycles. The second-order valence-electron chi connectivity index (χ2n) is 4.44. The zero-order chi connectivity index (χ0) is 14.8. The SMILES string of the molecule is O=C(O)CSc1nc2cc(-c3ccccc3)c(Cl)cc2[nH]1. The Hall–Kier alpha value is -1.98. The highest BCUT2D eigenvalue weighted by Gasteiger charge is 2.10. The van der Waals surface area contributed by atoms with Crippen LogP contribution in [0.25, 0.3) is 22.2 Å². The number of carbonyl (C=O) groups is 1. The lowest BCUT2D eigenvalue weighted by molar-refractivity contribution is -0.133. The van der Waals surface area contributed by atoms with E-state index in [0.717, 1.165) is 33.9 Å². The second kappa shape index (κ2) is 5.79. The topological polar surface area (TPSA) is 66.0 Å². The Bertz CT molecular complexity index is 802. The van der Waals surface area contributed by atoms with E-state index in [-0.39, 0.29) is 5.75 Å². The number of aliphatic carboxylic acids is 1. The minimum Gasteiger partial charge on any atom is -0.481 e. The molecule has 0 aliphatic carbocycles. The van der Waals surface area contributed by atoms with E-state index in [0.29, 0.717) is 10.2 Å². The van der Waals surface area contributed by atoms with Crippen LogP contribution in [-0.4, -0.2) is 26.8 Å². The molecule has 0 fully saturated rings. The van der Waals surface area contributed by atoms with Gasteiger partial charge < -0.3 is 10.1 Å². The lowest BCUT2D eigenvalue weighted by Crippen LogP contribution is -1.97. The number of hydrogen-bond donors (Lipinski definition) is 2. The molecule has 2 aromatic carbocycles. The molecular weight excluding hydrogens is 308 g/mol. The molecule has 0 atom stereocenters. The maximum absolute atomic E-state index is 10.6. The molecule has 4 nitrogen and oxygen atoms in total. The summed E-state index contributed by atoms with van der Waals surface area (Å²) in [6.45, 7) is 0. The Kier molecular flexibility index (Phi) is 3.86. The van der Waals surface area contributed by atoms with Crippen molar-refractivity contribution in [3.8, 4) is 11.1 Å². The molecule has 106 valence electrons. The molecule has 21 heavy (non-hydrogen) atoms. The molecule has 0 aliphatic heterocycles. The largest absolute Gasteiger partial charge is 0.481 e.